The molecule has 384 valence electrons. The fraction of sp³-hybridized carbons (Fsp3) is 0.375. The third kappa shape index (κ3) is 19.2. The molecular weight excluding hydrogens is 916 g/mol. The molecular formula is C64H73FO8. The summed E-state index contributed by atoms with van der Waals surface area (Å²) in [6.07, 6.45) is 27.8. The Morgan fingerprint density at radius 3 is 1.03 bits per heavy atom. The zero-order valence-corrected chi connectivity index (χ0v) is 43.0. The van der Waals surface area contributed by atoms with E-state index in [-0.39, 0.29) is 39.7 Å². The first-order chi connectivity index (χ1) is 35.7. The topological polar surface area (TPSA) is 105 Å². The number of carbonyl (C=O) groups excluding carboxylic acids is 4. The van der Waals surface area contributed by atoms with E-state index in [0.29, 0.717) is 16.7 Å². The van der Waals surface area contributed by atoms with E-state index in [1.165, 1.54) is 193 Å². The van der Waals surface area contributed by atoms with Gasteiger partial charge >= 0.3 is 23.9 Å². The Balaban J connectivity index is 0.902. The Hall–Kier alpha value is -6.87. The van der Waals surface area contributed by atoms with Crippen molar-refractivity contribution >= 4 is 23.9 Å². The standard InChI is InChI=1S/C64H73FO8/c1-3-5-7-9-11-13-15-17-19-21-24-48-28-32-50(33-29-48)61(66)70-55-40-36-52(37-41-55)63(68)72-57-27-23-26-54(46-57)59-45-44-58(47-60(59)65)73-64(69)53-38-42-56(43-39-53)71-62(67)51-34-30-49(31-35-51)25-22-20-18-16-14-12-10-8-6-4-2/h23,26-47H,3-22,24-25H2,1-2H3. The van der Waals surface area contributed by atoms with Gasteiger partial charge in [0.05, 0.1) is 22.3 Å². The summed E-state index contributed by atoms with van der Waals surface area (Å²) in [5.74, 6) is -2.30. The van der Waals surface area contributed by atoms with E-state index in [4.69, 9.17) is 18.9 Å². The van der Waals surface area contributed by atoms with Crippen LogP contribution in [0.15, 0.2) is 140 Å². The van der Waals surface area contributed by atoms with Crippen LogP contribution in [0.2, 0.25) is 0 Å². The van der Waals surface area contributed by atoms with Crippen molar-refractivity contribution in [3.8, 4) is 34.1 Å². The highest BCUT2D eigenvalue weighted by atomic mass is 19.1. The number of esters is 4. The van der Waals surface area contributed by atoms with Gasteiger partial charge < -0.3 is 18.9 Å². The molecule has 0 N–H and O–H groups in total. The van der Waals surface area contributed by atoms with Gasteiger partial charge in [0, 0.05) is 11.6 Å². The number of unbranched alkanes of at least 4 members (excludes halogenated alkanes) is 18. The molecule has 8 nitrogen and oxygen atoms in total. The SMILES string of the molecule is CCCCCCCCCCCCc1ccc(C(=O)Oc2ccc(C(=O)Oc3cccc(-c4ccc(OC(=O)c5ccc(OC(=O)c6ccc(CCCCCCCCCCCC)cc6)cc5)cc4F)c3)cc2)cc1. The molecule has 0 amide bonds. The molecule has 6 rings (SSSR count). The van der Waals surface area contributed by atoms with E-state index in [1.54, 1.807) is 42.5 Å². The summed E-state index contributed by atoms with van der Waals surface area (Å²) in [5, 5.41) is 0. The van der Waals surface area contributed by atoms with Crippen molar-refractivity contribution in [2.75, 3.05) is 0 Å². The lowest BCUT2D eigenvalue weighted by molar-refractivity contribution is 0.0720. The second kappa shape index (κ2) is 30.9. The molecule has 9 heteroatoms. The van der Waals surface area contributed by atoms with Crippen LogP contribution < -0.4 is 18.9 Å². The highest BCUT2D eigenvalue weighted by molar-refractivity contribution is 5.94. The third-order valence-corrected chi connectivity index (χ3v) is 13.1. The number of hydrogen-bond acceptors (Lipinski definition) is 8. The predicted octanol–water partition coefficient (Wildman–Crippen LogP) is 17.3. The maximum Gasteiger partial charge on any atom is 0.343 e. The number of carbonyl (C=O) groups is 4. The summed E-state index contributed by atoms with van der Waals surface area (Å²) in [7, 11) is 0. The lowest BCUT2D eigenvalue weighted by Crippen LogP contribution is -2.10. The second-order valence-electron chi connectivity index (χ2n) is 19.0. The summed E-state index contributed by atoms with van der Waals surface area (Å²) in [6.45, 7) is 4.49. The molecule has 0 aliphatic heterocycles. The Morgan fingerprint density at radius 2 is 0.658 bits per heavy atom. The molecule has 0 fully saturated rings. The van der Waals surface area contributed by atoms with Gasteiger partial charge in [-0.3, -0.25) is 0 Å². The first-order valence-electron chi connectivity index (χ1n) is 26.9. The van der Waals surface area contributed by atoms with Gasteiger partial charge in [0.15, 0.2) is 0 Å². The molecule has 0 atom stereocenters. The van der Waals surface area contributed by atoms with Gasteiger partial charge in [0.2, 0.25) is 0 Å². The van der Waals surface area contributed by atoms with Gasteiger partial charge in [0.25, 0.3) is 0 Å². The Bertz CT molecular complexity index is 2620. The largest absolute Gasteiger partial charge is 0.423 e. The zero-order valence-electron chi connectivity index (χ0n) is 43.0. The number of rotatable bonds is 31. The first kappa shape index (κ1) is 55.4. The molecule has 0 bridgehead atoms. The Morgan fingerprint density at radius 1 is 0.342 bits per heavy atom. The van der Waals surface area contributed by atoms with Crippen molar-refractivity contribution in [1.29, 1.82) is 0 Å². The van der Waals surface area contributed by atoms with E-state index >= 15 is 4.39 Å². The maximum absolute atomic E-state index is 15.5. The van der Waals surface area contributed by atoms with Crippen LogP contribution in [0, 0.1) is 5.82 Å². The normalized spacial score (nSPS) is 11.0. The van der Waals surface area contributed by atoms with Crippen molar-refractivity contribution < 1.29 is 42.5 Å². The molecule has 0 aromatic heterocycles. The van der Waals surface area contributed by atoms with Gasteiger partial charge in [-0.05, 0) is 139 Å². The highest BCUT2D eigenvalue weighted by Crippen LogP contribution is 2.30. The van der Waals surface area contributed by atoms with Gasteiger partial charge in [-0.1, -0.05) is 166 Å². The summed E-state index contributed by atoms with van der Waals surface area (Å²) in [4.78, 5) is 51.8. The van der Waals surface area contributed by atoms with Crippen LogP contribution in [-0.4, -0.2) is 23.9 Å². The average Bonchev–Trinajstić information content (AvgIpc) is 3.40. The summed E-state index contributed by atoms with van der Waals surface area (Å²) in [5.41, 5.74) is 4.29. The van der Waals surface area contributed by atoms with E-state index in [1.807, 2.05) is 24.3 Å². The molecule has 0 spiro atoms. The maximum atomic E-state index is 15.5. The quantitative estimate of drug-likeness (QED) is 0.0241. The fourth-order valence-corrected chi connectivity index (χ4v) is 8.75. The van der Waals surface area contributed by atoms with E-state index in [9.17, 15) is 19.2 Å². The van der Waals surface area contributed by atoms with Crippen molar-refractivity contribution in [1.82, 2.24) is 0 Å². The molecule has 0 aliphatic rings. The number of hydrogen-bond donors (Lipinski definition) is 0. The molecule has 73 heavy (non-hydrogen) atoms. The molecule has 6 aromatic carbocycles. The number of ether oxygens (including phenoxy) is 4. The minimum atomic E-state index is -0.720. The number of halogens is 1. The van der Waals surface area contributed by atoms with Crippen molar-refractivity contribution in [3.05, 3.63) is 179 Å². The molecule has 6 aromatic rings. The van der Waals surface area contributed by atoms with Crippen LogP contribution in [-0.2, 0) is 12.8 Å². The fourth-order valence-electron chi connectivity index (χ4n) is 8.75. The molecule has 0 radical (unpaired) electrons. The van der Waals surface area contributed by atoms with Crippen LogP contribution >= 0.6 is 0 Å². The van der Waals surface area contributed by atoms with Crippen LogP contribution in [0.5, 0.6) is 23.0 Å². The zero-order chi connectivity index (χ0) is 51.5. The van der Waals surface area contributed by atoms with E-state index in [2.05, 4.69) is 13.8 Å². The highest BCUT2D eigenvalue weighted by Gasteiger charge is 2.16. The lowest BCUT2D eigenvalue weighted by Gasteiger charge is -2.10. The van der Waals surface area contributed by atoms with E-state index in [0.717, 1.165) is 31.7 Å². The average molecular weight is 989 g/mol. The van der Waals surface area contributed by atoms with Crippen molar-refractivity contribution in [2.24, 2.45) is 0 Å². The third-order valence-electron chi connectivity index (χ3n) is 13.1. The summed E-state index contributed by atoms with van der Waals surface area (Å²) in [6, 6.07) is 37.5. The minimum absolute atomic E-state index is 0.0113. The van der Waals surface area contributed by atoms with Gasteiger partial charge in [-0.25, -0.2) is 23.6 Å². The summed E-state index contributed by atoms with van der Waals surface area (Å²) >= 11 is 0. The number of benzene rings is 6. The Labute approximate surface area is 432 Å². The van der Waals surface area contributed by atoms with Crippen molar-refractivity contribution in [3.63, 3.8) is 0 Å². The predicted molar refractivity (Wildman–Crippen MR) is 289 cm³/mol. The monoisotopic (exact) mass is 989 g/mol. The molecule has 0 heterocycles. The molecule has 0 saturated carbocycles. The lowest BCUT2D eigenvalue weighted by atomic mass is 10.0. The van der Waals surface area contributed by atoms with E-state index < -0.39 is 29.7 Å². The van der Waals surface area contributed by atoms with Crippen molar-refractivity contribution in [2.45, 2.75) is 155 Å². The van der Waals surface area contributed by atoms with Crippen LogP contribution in [0.1, 0.15) is 195 Å². The smallest absolute Gasteiger partial charge is 0.343 e. The first-order valence-corrected chi connectivity index (χ1v) is 26.9. The van der Waals surface area contributed by atoms with Gasteiger partial charge in [-0.15, -0.1) is 0 Å². The summed E-state index contributed by atoms with van der Waals surface area (Å²) < 4.78 is 37.7. The molecule has 0 unspecified atom stereocenters. The van der Waals surface area contributed by atoms with Gasteiger partial charge in [-0.2, -0.15) is 0 Å². The molecule has 0 aliphatic carbocycles. The number of aryl methyl sites for hydroxylation is 2. The van der Waals surface area contributed by atoms with Crippen LogP contribution in [0.4, 0.5) is 4.39 Å². The Kier molecular flexibility index (Phi) is 23.5. The van der Waals surface area contributed by atoms with Crippen LogP contribution in [0.3, 0.4) is 0 Å². The molecule has 0 saturated heterocycles. The van der Waals surface area contributed by atoms with Crippen LogP contribution in [0.25, 0.3) is 11.1 Å². The minimum Gasteiger partial charge on any atom is -0.423 e. The van der Waals surface area contributed by atoms with Gasteiger partial charge in [0.1, 0.15) is 28.8 Å². The second-order valence-corrected chi connectivity index (χ2v) is 19.0.